The Labute approximate surface area is 177 Å². The summed E-state index contributed by atoms with van der Waals surface area (Å²) in [4.78, 5) is 19.8. The summed E-state index contributed by atoms with van der Waals surface area (Å²) in [7, 11) is 0. The van der Waals surface area contributed by atoms with Crippen LogP contribution in [0.5, 0.6) is 5.75 Å². The molecule has 1 fully saturated rings. The van der Waals surface area contributed by atoms with Crippen LogP contribution in [0.4, 0.5) is 0 Å². The predicted molar refractivity (Wildman–Crippen MR) is 118 cm³/mol. The van der Waals surface area contributed by atoms with Gasteiger partial charge in [-0.2, -0.15) is 0 Å². The first-order valence-electron chi connectivity index (χ1n) is 10.9. The van der Waals surface area contributed by atoms with Crippen molar-refractivity contribution < 1.29 is 9.53 Å². The van der Waals surface area contributed by atoms with Gasteiger partial charge < -0.3 is 19.4 Å². The van der Waals surface area contributed by atoms with Gasteiger partial charge in [0.15, 0.2) is 0 Å². The standard InChI is InChI=1S/C24H30N4O2/c1-19-9-7-16-28-17-20(26-23(19)28)18-30-22-11-4-3-10-21(22)24(29)25-12-8-15-27-13-5-2-6-14-27/h3-4,7,9-11,16-17H,2,5-6,8,12-15,18H2,1H3,(H,25,29). The van der Waals surface area contributed by atoms with Gasteiger partial charge in [-0.15, -0.1) is 0 Å². The number of fused-ring (bicyclic) bond motifs is 1. The fraction of sp³-hybridized carbons (Fsp3) is 0.417. The Bertz CT molecular complexity index is 992. The van der Waals surface area contributed by atoms with Crippen LogP contribution in [0.25, 0.3) is 5.65 Å². The molecule has 3 aromatic rings. The Morgan fingerprint density at radius 2 is 1.97 bits per heavy atom. The molecule has 1 aliphatic heterocycles. The van der Waals surface area contributed by atoms with Crippen molar-refractivity contribution in [2.24, 2.45) is 0 Å². The lowest BCUT2D eigenvalue weighted by molar-refractivity contribution is 0.0946. The molecule has 2 aromatic heterocycles. The van der Waals surface area contributed by atoms with E-state index >= 15 is 0 Å². The minimum Gasteiger partial charge on any atom is -0.486 e. The molecule has 0 atom stereocenters. The van der Waals surface area contributed by atoms with Crippen molar-refractivity contribution in [2.45, 2.75) is 39.2 Å². The third kappa shape index (κ3) is 5.00. The number of ether oxygens (including phenoxy) is 1. The van der Waals surface area contributed by atoms with Gasteiger partial charge in [-0.05, 0) is 69.6 Å². The predicted octanol–water partition coefficient (Wildman–Crippen LogP) is 3.83. The number of aryl methyl sites for hydroxylation is 1. The maximum atomic E-state index is 12.7. The van der Waals surface area contributed by atoms with Crippen LogP contribution in [0.1, 0.15) is 47.3 Å². The molecule has 3 heterocycles. The van der Waals surface area contributed by atoms with Gasteiger partial charge in [0.05, 0.1) is 11.3 Å². The largest absolute Gasteiger partial charge is 0.486 e. The molecule has 6 heteroatoms. The first-order valence-corrected chi connectivity index (χ1v) is 10.9. The minimum atomic E-state index is -0.0879. The monoisotopic (exact) mass is 406 g/mol. The van der Waals surface area contributed by atoms with Crippen LogP contribution in [0, 0.1) is 6.92 Å². The number of amides is 1. The number of carbonyl (C=O) groups excluding carboxylic acids is 1. The highest BCUT2D eigenvalue weighted by molar-refractivity contribution is 5.96. The summed E-state index contributed by atoms with van der Waals surface area (Å²) in [6, 6.07) is 11.4. The van der Waals surface area contributed by atoms with E-state index in [1.54, 1.807) is 0 Å². The first-order chi connectivity index (χ1) is 14.7. The molecular weight excluding hydrogens is 376 g/mol. The van der Waals surface area contributed by atoms with Gasteiger partial charge >= 0.3 is 0 Å². The summed E-state index contributed by atoms with van der Waals surface area (Å²) >= 11 is 0. The molecule has 0 bridgehead atoms. The molecule has 1 aliphatic rings. The summed E-state index contributed by atoms with van der Waals surface area (Å²) in [6.07, 6.45) is 8.84. The van der Waals surface area contributed by atoms with Crippen LogP contribution in [0.3, 0.4) is 0 Å². The number of pyridine rings is 1. The summed E-state index contributed by atoms with van der Waals surface area (Å²) in [5.74, 6) is 0.495. The van der Waals surface area contributed by atoms with Gasteiger partial charge in [0.2, 0.25) is 0 Å². The average Bonchev–Trinajstić information content (AvgIpc) is 3.21. The van der Waals surface area contributed by atoms with E-state index in [0.29, 0.717) is 24.5 Å². The molecule has 1 amide bonds. The average molecular weight is 407 g/mol. The second-order valence-electron chi connectivity index (χ2n) is 7.95. The van der Waals surface area contributed by atoms with Gasteiger partial charge in [0, 0.05) is 18.9 Å². The second-order valence-corrected chi connectivity index (χ2v) is 7.95. The van der Waals surface area contributed by atoms with Crippen LogP contribution >= 0.6 is 0 Å². The van der Waals surface area contributed by atoms with Crippen molar-refractivity contribution >= 4 is 11.6 Å². The normalized spacial score (nSPS) is 14.7. The van der Waals surface area contributed by atoms with Crippen LogP contribution < -0.4 is 10.1 Å². The van der Waals surface area contributed by atoms with E-state index < -0.39 is 0 Å². The highest BCUT2D eigenvalue weighted by atomic mass is 16.5. The van der Waals surface area contributed by atoms with E-state index in [-0.39, 0.29) is 5.91 Å². The maximum absolute atomic E-state index is 12.7. The van der Waals surface area contributed by atoms with Gasteiger partial charge in [0.1, 0.15) is 18.0 Å². The summed E-state index contributed by atoms with van der Waals surface area (Å²) < 4.78 is 7.97. The molecule has 0 unspecified atom stereocenters. The number of imidazole rings is 1. The molecule has 1 saturated heterocycles. The van der Waals surface area contributed by atoms with Crippen molar-refractivity contribution in [1.29, 1.82) is 0 Å². The summed E-state index contributed by atoms with van der Waals surface area (Å²) in [6.45, 7) is 6.46. The van der Waals surface area contributed by atoms with E-state index in [4.69, 9.17) is 4.74 Å². The number of rotatable bonds is 8. The zero-order chi connectivity index (χ0) is 20.8. The lowest BCUT2D eigenvalue weighted by Crippen LogP contribution is -2.33. The quantitative estimate of drug-likeness (QED) is 0.578. The molecule has 0 spiro atoms. The van der Waals surface area contributed by atoms with E-state index in [1.165, 1.54) is 32.4 Å². The van der Waals surface area contributed by atoms with Crippen LogP contribution in [-0.2, 0) is 6.61 Å². The third-order valence-electron chi connectivity index (χ3n) is 5.62. The highest BCUT2D eigenvalue weighted by Gasteiger charge is 2.14. The van der Waals surface area contributed by atoms with Crippen LogP contribution in [0.15, 0.2) is 48.8 Å². The molecule has 1 N–H and O–H groups in total. The number of hydrogen-bond acceptors (Lipinski definition) is 4. The fourth-order valence-corrected chi connectivity index (χ4v) is 3.99. The zero-order valence-corrected chi connectivity index (χ0v) is 17.6. The SMILES string of the molecule is Cc1cccn2cc(COc3ccccc3C(=O)NCCCN3CCCCC3)nc12. The number of benzene rings is 1. The number of carbonyl (C=O) groups is 1. The number of likely N-dealkylation sites (tertiary alicyclic amines) is 1. The van der Waals surface area contributed by atoms with Crippen LogP contribution in [0.2, 0.25) is 0 Å². The van der Waals surface area contributed by atoms with Gasteiger partial charge in [-0.25, -0.2) is 4.98 Å². The Morgan fingerprint density at radius 3 is 2.80 bits per heavy atom. The van der Waals surface area contributed by atoms with Crippen molar-refractivity contribution in [3.8, 4) is 5.75 Å². The lowest BCUT2D eigenvalue weighted by atomic mass is 10.1. The van der Waals surface area contributed by atoms with Gasteiger partial charge in [-0.1, -0.05) is 24.6 Å². The minimum absolute atomic E-state index is 0.0879. The lowest BCUT2D eigenvalue weighted by Gasteiger charge is -2.26. The van der Waals surface area contributed by atoms with E-state index in [2.05, 4.69) is 15.2 Å². The number of aromatic nitrogens is 2. The molecule has 0 radical (unpaired) electrons. The first kappa shape index (κ1) is 20.4. The smallest absolute Gasteiger partial charge is 0.255 e. The number of para-hydroxylation sites is 1. The number of nitrogens with zero attached hydrogens (tertiary/aromatic N) is 3. The molecule has 158 valence electrons. The van der Waals surface area contributed by atoms with Gasteiger partial charge in [0.25, 0.3) is 5.91 Å². The third-order valence-corrected chi connectivity index (χ3v) is 5.62. The Hall–Kier alpha value is -2.86. The highest BCUT2D eigenvalue weighted by Crippen LogP contribution is 2.20. The van der Waals surface area contributed by atoms with Crippen molar-refractivity contribution in [2.75, 3.05) is 26.2 Å². The van der Waals surface area contributed by atoms with Crippen LogP contribution in [-0.4, -0.2) is 46.4 Å². The fourth-order valence-electron chi connectivity index (χ4n) is 3.99. The summed E-state index contributed by atoms with van der Waals surface area (Å²) in [5.41, 5.74) is 3.44. The van der Waals surface area contributed by atoms with E-state index in [9.17, 15) is 4.79 Å². The number of nitrogens with one attached hydrogen (secondary N) is 1. The number of hydrogen-bond donors (Lipinski definition) is 1. The molecule has 1 aromatic carbocycles. The topological polar surface area (TPSA) is 58.9 Å². The van der Waals surface area contributed by atoms with Crippen molar-refractivity contribution in [3.05, 3.63) is 65.6 Å². The van der Waals surface area contributed by atoms with E-state index in [1.807, 2.05) is 60.1 Å². The Morgan fingerprint density at radius 1 is 1.13 bits per heavy atom. The molecule has 0 aliphatic carbocycles. The molecular formula is C24H30N4O2. The molecule has 6 nitrogen and oxygen atoms in total. The molecule has 30 heavy (non-hydrogen) atoms. The van der Waals surface area contributed by atoms with E-state index in [0.717, 1.165) is 29.9 Å². The molecule has 4 rings (SSSR count). The van der Waals surface area contributed by atoms with Gasteiger partial charge in [-0.3, -0.25) is 4.79 Å². The Kier molecular flexibility index (Phi) is 6.64. The maximum Gasteiger partial charge on any atom is 0.255 e. The molecule has 0 saturated carbocycles. The summed E-state index contributed by atoms with van der Waals surface area (Å²) in [5, 5.41) is 3.04. The number of piperidine rings is 1. The Balaban J connectivity index is 1.32. The van der Waals surface area contributed by atoms with Crippen molar-refractivity contribution in [3.63, 3.8) is 0 Å². The van der Waals surface area contributed by atoms with Crippen molar-refractivity contribution in [1.82, 2.24) is 19.6 Å². The second kappa shape index (κ2) is 9.76. The zero-order valence-electron chi connectivity index (χ0n) is 17.6.